The molecule has 0 atom stereocenters. The van der Waals surface area contributed by atoms with Crippen LogP contribution in [-0.2, 0) is 9.53 Å². The molecule has 2 heterocycles. The van der Waals surface area contributed by atoms with Gasteiger partial charge in [-0.25, -0.2) is 14.8 Å². The maximum Gasteiger partial charge on any atom is 0.413 e. The lowest BCUT2D eigenvalue weighted by molar-refractivity contribution is -0.115. The van der Waals surface area contributed by atoms with Gasteiger partial charge in [0.2, 0.25) is 0 Å². The van der Waals surface area contributed by atoms with Crippen LogP contribution in [0.5, 0.6) is 5.75 Å². The number of nitrogens with zero attached hydrogens (tertiary/aromatic N) is 3. The topological polar surface area (TPSA) is 105 Å². The molecule has 2 aromatic rings. The number of aromatic nitrogens is 1. The molecule has 9 nitrogen and oxygen atoms in total. The van der Waals surface area contributed by atoms with E-state index in [0.717, 1.165) is 28.4 Å². The Bertz CT molecular complexity index is 1030. The van der Waals surface area contributed by atoms with Gasteiger partial charge < -0.3 is 19.7 Å². The number of thioether (sulfide) groups is 1. The second-order valence-electron chi connectivity index (χ2n) is 6.77. The van der Waals surface area contributed by atoms with Crippen LogP contribution in [0.4, 0.5) is 15.6 Å². The molecule has 0 spiro atoms. The number of ether oxygens (including phenoxy) is 2. The molecule has 2 N–H and O–H groups in total. The number of carbonyl (C=O) groups excluding carboxylic acids is 2. The molecule has 1 fully saturated rings. The number of thiazole rings is 1. The van der Waals surface area contributed by atoms with E-state index in [2.05, 4.69) is 30.2 Å². The van der Waals surface area contributed by atoms with Gasteiger partial charge in [0.1, 0.15) is 12.4 Å². The fourth-order valence-electron chi connectivity index (χ4n) is 2.46. The van der Waals surface area contributed by atoms with Crippen LogP contribution in [0, 0.1) is 6.92 Å². The quantitative estimate of drug-likeness (QED) is 0.608. The number of amidine groups is 1. The Morgan fingerprint density at radius 2 is 2.19 bits per heavy atom. The molecule has 2 amide bonds. The summed E-state index contributed by atoms with van der Waals surface area (Å²) in [7, 11) is 5.27. The summed E-state index contributed by atoms with van der Waals surface area (Å²) in [5.74, 6) is 0.550. The Balaban J connectivity index is 1.67. The molecule has 0 saturated carbocycles. The number of hydrogen-bond donors (Lipinski definition) is 2. The molecule has 0 bridgehead atoms. The molecular weight excluding hydrogens is 438 g/mol. The minimum Gasteiger partial charge on any atom is -0.492 e. The molecule has 1 aromatic carbocycles. The van der Waals surface area contributed by atoms with Crippen molar-refractivity contribution in [2.24, 2.45) is 4.99 Å². The van der Waals surface area contributed by atoms with Crippen molar-refractivity contribution in [2.75, 3.05) is 39.7 Å². The molecule has 0 unspecified atom stereocenters. The molecular formula is C20H23N5O4S2. The normalized spacial score (nSPS) is 16.1. The number of aliphatic imine (C=N–C) groups is 1. The van der Waals surface area contributed by atoms with Crippen molar-refractivity contribution in [3.05, 3.63) is 39.7 Å². The number of rotatable bonds is 7. The maximum absolute atomic E-state index is 12.3. The number of benzene rings is 1. The van der Waals surface area contributed by atoms with E-state index in [0.29, 0.717) is 21.8 Å². The fraction of sp³-hybridized carbons (Fsp3) is 0.300. The number of aryl methyl sites for hydroxylation is 1. The minimum atomic E-state index is -0.597. The van der Waals surface area contributed by atoms with E-state index in [9.17, 15) is 9.59 Å². The molecule has 1 aliphatic rings. The highest BCUT2D eigenvalue weighted by Crippen LogP contribution is 2.31. The minimum absolute atomic E-state index is 0.235. The fourth-order valence-corrected chi connectivity index (χ4v) is 4.10. The van der Waals surface area contributed by atoms with E-state index in [1.165, 1.54) is 30.2 Å². The number of anilines is 1. The number of nitrogens with one attached hydrogen (secondary N) is 2. The van der Waals surface area contributed by atoms with Crippen LogP contribution < -0.4 is 15.4 Å². The van der Waals surface area contributed by atoms with Gasteiger partial charge in [-0.05, 0) is 62.6 Å². The van der Waals surface area contributed by atoms with Crippen LogP contribution in [0.2, 0.25) is 0 Å². The lowest BCUT2D eigenvalue weighted by atomic mass is 10.2. The molecule has 1 aromatic heterocycles. The van der Waals surface area contributed by atoms with Gasteiger partial charge in [-0.2, -0.15) is 0 Å². The predicted molar refractivity (Wildman–Crippen MR) is 124 cm³/mol. The summed E-state index contributed by atoms with van der Waals surface area (Å²) >= 11 is 2.48. The highest BCUT2D eigenvalue weighted by atomic mass is 32.2. The Morgan fingerprint density at radius 3 is 2.90 bits per heavy atom. The second-order valence-corrected chi connectivity index (χ2v) is 8.86. The van der Waals surface area contributed by atoms with E-state index in [1.807, 2.05) is 39.2 Å². The molecule has 1 saturated heterocycles. The van der Waals surface area contributed by atoms with Crippen molar-refractivity contribution in [1.29, 1.82) is 0 Å². The van der Waals surface area contributed by atoms with Crippen molar-refractivity contribution in [1.82, 2.24) is 15.2 Å². The van der Waals surface area contributed by atoms with Gasteiger partial charge in [0.05, 0.1) is 22.6 Å². The standard InChI is InChI=1S/C20H23N5O4S2/c1-12-9-13(29-8-7-25(2)3)5-6-15(12)22-19-23-17(26)16(31-19)10-14-11-21-18(30-14)24-20(27)28-4/h5-6,9-11H,7-8H2,1-4H3,(H,21,24,27)(H,22,23,26)/b16-10-. The van der Waals surface area contributed by atoms with Crippen molar-refractivity contribution >= 4 is 57.2 Å². The van der Waals surface area contributed by atoms with E-state index in [-0.39, 0.29) is 5.91 Å². The first-order chi connectivity index (χ1) is 14.8. The summed E-state index contributed by atoms with van der Waals surface area (Å²) < 4.78 is 10.3. The van der Waals surface area contributed by atoms with Crippen molar-refractivity contribution < 1.29 is 19.1 Å². The van der Waals surface area contributed by atoms with Crippen LogP contribution in [0.1, 0.15) is 10.4 Å². The molecule has 164 valence electrons. The number of likely N-dealkylation sites (N-methyl/N-ethyl adjacent to an activating group) is 1. The van der Waals surface area contributed by atoms with E-state index in [4.69, 9.17) is 4.74 Å². The van der Waals surface area contributed by atoms with E-state index in [1.54, 1.807) is 12.3 Å². The summed E-state index contributed by atoms with van der Waals surface area (Å²) in [6.45, 7) is 3.39. The van der Waals surface area contributed by atoms with Crippen molar-refractivity contribution in [2.45, 2.75) is 6.92 Å². The Morgan fingerprint density at radius 1 is 1.39 bits per heavy atom. The average Bonchev–Trinajstić information content (AvgIpc) is 3.29. The highest BCUT2D eigenvalue weighted by Gasteiger charge is 2.24. The second kappa shape index (κ2) is 10.4. The summed E-state index contributed by atoms with van der Waals surface area (Å²) in [5.41, 5.74) is 1.70. The Kier molecular flexibility index (Phi) is 7.66. The lowest BCUT2D eigenvalue weighted by Crippen LogP contribution is -2.19. The highest BCUT2D eigenvalue weighted by molar-refractivity contribution is 8.18. The first-order valence-electron chi connectivity index (χ1n) is 9.32. The van der Waals surface area contributed by atoms with Gasteiger partial charge in [-0.1, -0.05) is 11.3 Å². The van der Waals surface area contributed by atoms with Crippen LogP contribution in [-0.4, -0.2) is 61.4 Å². The SMILES string of the molecule is COC(=O)Nc1ncc(/C=C2\S/C(=N\c3ccc(OCCN(C)C)cc3C)NC2=O)s1. The number of amides is 2. The maximum atomic E-state index is 12.3. The molecule has 1 aliphatic heterocycles. The lowest BCUT2D eigenvalue weighted by Gasteiger charge is -2.12. The Hall–Kier alpha value is -2.89. The third-order valence-corrected chi connectivity index (χ3v) is 5.81. The molecule has 0 aliphatic carbocycles. The smallest absolute Gasteiger partial charge is 0.413 e. The van der Waals surface area contributed by atoms with Crippen LogP contribution in [0.25, 0.3) is 6.08 Å². The van der Waals surface area contributed by atoms with Gasteiger partial charge in [0.25, 0.3) is 5.91 Å². The number of carbonyl (C=O) groups is 2. The monoisotopic (exact) mass is 461 g/mol. The van der Waals surface area contributed by atoms with Crippen molar-refractivity contribution in [3.63, 3.8) is 0 Å². The third-order valence-electron chi connectivity index (χ3n) is 4.04. The molecule has 3 rings (SSSR count). The summed E-state index contributed by atoms with van der Waals surface area (Å²) in [6, 6.07) is 5.67. The Labute approximate surface area is 188 Å². The zero-order valence-corrected chi connectivity index (χ0v) is 19.2. The first kappa shape index (κ1) is 22.8. The van der Waals surface area contributed by atoms with E-state index < -0.39 is 6.09 Å². The van der Waals surface area contributed by atoms with Crippen molar-refractivity contribution in [3.8, 4) is 5.75 Å². The predicted octanol–water partition coefficient (Wildman–Crippen LogP) is 3.46. The molecule has 11 heteroatoms. The number of methoxy groups -OCH3 is 1. The zero-order valence-electron chi connectivity index (χ0n) is 17.6. The van der Waals surface area contributed by atoms with Gasteiger partial charge in [-0.3, -0.25) is 10.1 Å². The molecule has 31 heavy (non-hydrogen) atoms. The van der Waals surface area contributed by atoms with Gasteiger partial charge >= 0.3 is 6.09 Å². The van der Waals surface area contributed by atoms with Gasteiger partial charge in [0.15, 0.2) is 10.3 Å². The molecule has 0 radical (unpaired) electrons. The summed E-state index contributed by atoms with van der Waals surface area (Å²) in [6.07, 6.45) is 2.68. The van der Waals surface area contributed by atoms with Crippen LogP contribution in [0.15, 0.2) is 34.3 Å². The first-order valence-corrected chi connectivity index (χ1v) is 11.0. The summed E-state index contributed by atoms with van der Waals surface area (Å²) in [4.78, 5) is 35.5. The van der Waals surface area contributed by atoms with Crippen LogP contribution in [0.3, 0.4) is 0 Å². The largest absolute Gasteiger partial charge is 0.492 e. The van der Waals surface area contributed by atoms with Gasteiger partial charge in [0, 0.05) is 12.7 Å². The number of hydrogen-bond acceptors (Lipinski definition) is 9. The van der Waals surface area contributed by atoms with Gasteiger partial charge in [-0.15, -0.1) is 0 Å². The summed E-state index contributed by atoms with van der Waals surface area (Å²) in [5, 5.41) is 6.15. The third kappa shape index (κ3) is 6.54. The van der Waals surface area contributed by atoms with Crippen LogP contribution >= 0.6 is 23.1 Å². The van der Waals surface area contributed by atoms with E-state index >= 15 is 0 Å². The average molecular weight is 462 g/mol. The zero-order chi connectivity index (χ0) is 22.4.